The second-order valence-electron chi connectivity index (χ2n) is 7.10. The number of hydrogen-bond acceptors (Lipinski definition) is 4. The van der Waals surface area contributed by atoms with Crippen molar-refractivity contribution >= 4 is 27.5 Å². The molecule has 0 aliphatic heterocycles. The van der Waals surface area contributed by atoms with Crippen LogP contribution < -0.4 is 5.56 Å². The molecule has 1 N–H and O–H groups in total. The first-order valence-electron chi connectivity index (χ1n) is 8.21. The van der Waals surface area contributed by atoms with E-state index in [0.29, 0.717) is 5.39 Å². The van der Waals surface area contributed by atoms with Gasteiger partial charge in [-0.1, -0.05) is 24.3 Å². The maximum Gasteiger partial charge on any atom is 0.310 e. The summed E-state index contributed by atoms with van der Waals surface area (Å²) in [5.74, 6) is -0.933. The van der Waals surface area contributed by atoms with Crippen molar-refractivity contribution in [1.82, 2.24) is 9.55 Å². The number of aliphatic carboxylic acids is 1. The molecule has 1 aliphatic carbocycles. The number of carboxylic acids is 1. The van der Waals surface area contributed by atoms with Crippen LogP contribution in [0.25, 0.3) is 21.3 Å². The highest BCUT2D eigenvalue weighted by Gasteiger charge is 2.30. The van der Waals surface area contributed by atoms with Crippen molar-refractivity contribution in [3.8, 4) is 11.1 Å². The molecule has 0 radical (unpaired) electrons. The first-order chi connectivity index (χ1) is 11.9. The Bertz CT molecular complexity index is 1060. The summed E-state index contributed by atoms with van der Waals surface area (Å²) in [5, 5.41) is 9.98. The Morgan fingerprint density at radius 2 is 2.08 bits per heavy atom. The molecule has 0 amide bonds. The summed E-state index contributed by atoms with van der Waals surface area (Å²) in [6, 6.07) is 8.16. The molecule has 0 fully saturated rings. The summed E-state index contributed by atoms with van der Waals surface area (Å²) in [5.41, 5.74) is 2.14. The summed E-state index contributed by atoms with van der Waals surface area (Å²) in [4.78, 5) is 30.9. The molecule has 6 heteroatoms. The average molecular weight is 354 g/mol. The zero-order valence-electron chi connectivity index (χ0n) is 14.1. The van der Waals surface area contributed by atoms with Crippen molar-refractivity contribution in [3.05, 3.63) is 51.4 Å². The molecular weight excluding hydrogens is 336 g/mol. The van der Waals surface area contributed by atoms with Gasteiger partial charge in [-0.3, -0.25) is 14.2 Å². The van der Waals surface area contributed by atoms with Crippen molar-refractivity contribution in [2.45, 2.75) is 33.2 Å². The van der Waals surface area contributed by atoms with Crippen LogP contribution in [0, 0.1) is 5.41 Å². The number of rotatable bonds is 3. The van der Waals surface area contributed by atoms with E-state index >= 15 is 0 Å². The second-order valence-corrected chi connectivity index (χ2v) is 8.19. The topological polar surface area (TPSA) is 72.2 Å². The van der Waals surface area contributed by atoms with Crippen LogP contribution in [0.1, 0.15) is 24.3 Å². The number of fused-ring (bicyclic) bond motifs is 5. The van der Waals surface area contributed by atoms with Crippen molar-refractivity contribution in [2.24, 2.45) is 5.41 Å². The predicted octanol–water partition coefficient (Wildman–Crippen LogP) is 3.33. The van der Waals surface area contributed by atoms with Gasteiger partial charge >= 0.3 is 5.97 Å². The van der Waals surface area contributed by atoms with Gasteiger partial charge in [0.05, 0.1) is 17.1 Å². The fraction of sp³-hybridized carbons (Fsp3) is 0.316. The van der Waals surface area contributed by atoms with E-state index in [0.717, 1.165) is 28.8 Å². The zero-order valence-corrected chi connectivity index (χ0v) is 14.9. The van der Waals surface area contributed by atoms with Crippen LogP contribution >= 0.6 is 11.3 Å². The Morgan fingerprint density at radius 1 is 1.32 bits per heavy atom. The number of aryl methyl sites for hydroxylation is 2. The number of carbonyl (C=O) groups is 1. The number of nitrogens with zero attached hydrogens (tertiary/aromatic N) is 2. The molecule has 0 saturated heterocycles. The lowest BCUT2D eigenvalue weighted by atomic mass is 9.89. The minimum absolute atomic E-state index is 0.0936. The summed E-state index contributed by atoms with van der Waals surface area (Å²) < 4.78 is 1.43. The van der Waals surface area contributed by atoms with Crippen LogP contribution in [0.4, 0.5) is 0 Å². The van der Waals surface area contributed by atoms with Crippen molar-refractivity contribution in [1.29, 1.82) is 0 Å². The highest BCUT2D eigenvalue weighted by atomic mass is 32.1. The Hall–Kier alpha value is -2.47. The van der Waals surface area contributed by atoms with Gasteiger partial charge in [-0.2, -0.15) is 0 Å². The van der Waals surface area contributed by atoms with Crippen LogP contribution in [0.3, 0.4) is 0 Å². The Kier molecular flexibility index (Phi) is 3.54. The van der Waals surface area contributed by atoms with Gasteiger partial charge in [0.25, 0.3) is 5.56 Å². The standard InChI is InChI=1S/C19H18N2O3S/c1-19(2,18(23)24)9-21-10-20-16-15(17(21)22)14-12-6-4-3-5-11(12)7-8-13(14)25-16/h3-6,10H,7-9H2,1-2H3,(H,23,24). The van der Waals surface area contributed by atoms with E-state index in [1.807, 2.05) is 12.1 Å². The van der Waals surface area contributed by atoms with Gasteiger partial charge in [-0.25, -0.2) is 4.98 Å². The molecule has 1 aliphatic rings. The normalized spacial score (nSPS) is 13.5. The maximum atomic E-state index is 13.1. The average Bonchev–Trinajstić information content (AvgIpc) is 2.97. The lowest BCUT2D eigenvalue weighted by Crippen LogP contribution is -2.34. The summed E-state index contributed by atoms with van der Waals surface area (Å²) in [6.45, 7) is 3.32. The van der Waals surface area contributed by atoms with Crippen LogP contribution in [0.5, 0.6) is 0 Å². The third kappa shape index (κ3) is 2.48. The van der Waals surface area contributed by atoms with E-state index < -0.39 is 11.4 Å². The van der Waals surface area contributed by atoms with Crippen molar-refractivity contribution < 1.29 is 9.90 Å². The van der Waals surface area contributed by atoms with Crippen LogP contribution in [-0.4, -0.2) is 20.6 Å². The van der Waals surface area contributed by atoms with Crippen molar-refractivity contribution in [3.63, 3.8) is 0 Å². The van der Waals surface area contributed by atoms with Gasteiger partial charge in [0.1, 0.15) is 4.83 Å². The van der Waals surface area contributed by atoms with E-state index in [-0.39, 0.29) is 12.1 Å². The van der Waals surface area contributed by atoms with Gasteiger partial charge in [0.15, 0.2) is 0 Å². The molecule has 0 unspecified atom stereocenters. The number of aromatic nitrogens is 2. The van der Waals surface area contributed by atoms with Crippen molar-refractivity contribution in [2.75, 3.05) is 0 Å². The molecule has 5 nitrogen and oxygen atoms in total. The van der Waals surface area contributed by atoms with E-state index in [2.05, 4.69) is 17.1 Å². The fourth-order valence-electron chi connectivity index (χ4n) is 3.37. The summed E-state index contributed by atoms with van der Waals surface area (Å²) in [7, 11) is 0. The predicted molar refractivity (Wildman–Crippen MR) is 98.1 cm³/mol. The molecule has 0 spiro atoms. The lowest BCUT2D eigenvalue weighted by Gasteiger charge is -2.20. The van der Waals surface area contributed by atoms with Gasteiger partial charge < -0.3 is 5.11 Å². The van der Waals surface area contributed by atoms with E-state index in [9.17, 15) is 14.7 Å². The molecule has 128 valence electrons. The molecule has 1 aromatic carbocycles. The first-order valence-corrected chi connectivity index (χ1v) is 9.02. The quantitative estimate of drug-likeness (QED) is 0.783. The SMILES string of the molecule is CC(C)(Cn1cnc2sc3c(c2c1=O)-c1ccccc1CC3)C(=O)O. The lowest BCUT2D eigenvalue weighted by molar-refractivity contribution is -0.147. The number of hydrogen-bond donors (Lipinski definition) is 1. The first kappa shape index (κ1) is 16.0. The Balaban J connectivity index is 1.94. The Morgan fingerprint density at radius 3 is 2.84 bits per heavy atom. The second kappa shape index (κ2) is 5.52. The van der Waals surface area contributed by atoms with E-state index in [1.54, 1.807) is 25.2 Å². The summed E-state index contributed by atoms with van der Waals surface area (Å²) >= 11 is 1.57. The third-order valence-electron chi connectivity index (χ3n) is 4.80. The molecular formula is C19H18N2O3S. The molecule has 4 rings (SSSR count). The number of carboxylic acid groups (broad SMARTS) is 1. The van der Waals surface area contributed by atoms with Gasteiger partial charge in [0, 0.05) is 17.0 Å². The highest BCUT2D eigenvalue weighted by molar-refractivity contribution is 7.19. The smallest absolute Gasteiger partial charge is 0.310 e. The van der Waals surface area contributed by atoms with Crippen LogP contribution in [0.15, 0.2) is 35.4 Å². The molecule has 0 saturated carbocycles. The highest BCUT2D eigenvalue weighted by Crippen LogP contribution is 2.41. The fourth-order valence-corrected chi connectivity index (χ4v) is 4.51. The monoisotopic (exact) mass is 354 g/mol. The van der Waals surface area contributed by atoms with E-state index in [1.165, 1.54) is 21.3 Å². The van der Waals surface area contributed by atoms with Gasteiger partial charge in [0.2, 0.25) is 0 Å². The molecule has 3 aromatic rings. The maximum absolute atomic E-state index is 13.1. The number of thiophene rings is 1. The molecule has 25 heavy (non-hydrogen) atoms. The number of benzene rings is 1. The Labute approximate surface area is 148 Å². The molecule has 0 bridgehead atoms. The van der Waals surface area contributed by atoms with E-state index in [4.69, 9.17) is 0 Å². The largest absolute Gasteiger partial charge is 0.481 e. The molecule has 2 heterocycles. The van der Waals surface area contributed by atoms with Crippen LogP contribution in [-0.2, 0) is 24.2 Å². The van der Waals surface area contributed by atoms with Gasteiger partial charge in [-0.15, -0.1) is 11.3 Å². The zero-order chi connectivity index (χ0) is 17.8. The molecule has 0 atom stereocenters. The minimum atomic E-state index is -1.03. The summed E-state index contributed by atoms with van der Waals surface area (Å²) in [6.07, 6.45) is 3.35. The third-order valence-corrected chi connectivity index (χ3v) is 5.96. The van der Waals surface area contributed by atoms with Gasteiger partial charge in [-0.05, 0) is 37.8 Å². The minimum Gasteiger partial charge on any atom is -0.481 e. The van der Waals surface area contributed by atoms with Crippen LogP contribution in [0.2, 0.25) is 0 Å². The molecule has 2 aromatic heterocycles.